The summed E-state index contributed by atoms with van der Waals surface area (Å²) >= 11 is 0. The van der Waals surface area contributed by atoms with Crippen LogP contribution in [0.1, 0.15) is 44.1 Å². The molecule has 0 saturated carbocycles. The Labute approximate surface area is 144 Å². The van der Waals surface area contributed by atoms with E-state index < -0.39 is 0 Å². The van der Waals surface area contributed by atoms with Crippen LogP contribution in [0.4, 0.5) is 0 Å². The van der Waals surface area contributed by atoms with Gasteiger partial charge in [0, 0.05) is 6.61 Å². The van der Waals surface area contributed by atoms with Crippen LogP contribution < -0.4 is 4.74 Å². The van der Waals surface area contributed by atoms with E-state index in [1.54, 1.807) is 7.11 Å². The Balaban J connectivity index is 1.57. The molecule has 0 bridgehead atoms. The Morgan fingerprint density at radius 1 is 1.17 bits per heavy atom. The topological polar surface area (TPSA) is 44.8 Å². The third-order valence-electron chi connectivity index (χ3n) is 4.22. The van der Waals surface area contributed by atoms with E-state index in [1.807, 2.05) is 24.3 Å². The van der Waals surface area contributed by atoms with E-state index in [1.165, 1.54) is 18.4 Å². The summed E-state index contributed by atoms with van der Waals surface area (Å²) in [6, 6.07) is 7.84. The summed E-state index contributed by atoms with van der Waals surface area (Å²) in [6.45, 7) is 1.79. The smallest absolute Gasteiger partial charge is 0.148 e. The second-order valence-corrected chi connectivity index (χ2v) is 6.14. The van der Waals surface area contributed by atoms with Gasteiger partial charge < -0.3 is 19.0 Å². The first-order valence-electron chi connectivity index (χ1n) is 8.77. The maximum Gasteiger partial charge on any atom is 0.148 e. The minimum Gasteiger partial charge on any atom is -0.497 e. The predicted molar refractivity (Wildman–Crippen MR) is 94.2 cm³/mol. The minimum absolute atomic E-state index is 0.322. The molecule has 132 valence electrons. The number of benzene rings is 1. The molecule has 2 rings (SSSR count). The highest BCUT2D eigenvalue weighted by Gasteiger charge is 2.10. The molecule has 0 fully saturated rings. The molecule has 1 aliphatic rings. The molecule has 0 aliphatic heterocycles. The van der Waals surface area contributed by atoms with Gasteiger partial charge in [-0.1, -0.05) is 18.2 Å². The predicted octanol–water partition coefficient (Wildman–Crippen LogP) is 4.08. The first-order chi connectivity index (χ1) is 11.8. The van der Waals surface area contributed by atoms with E-state index in [4.69, 9.17) is 14.2 Å². The fourth-order valence-corrected chi connectivity index (χ4v) is 2.74. The van der Waals surface area contributed by atoms with Gasteiger partial charge in [-0.15, -0.1) is 0 Å². The first kappa shape index (κ1) is 18.7. The Bertz CT molecular complexity index is 507. The van der Waals surface area contributed by atoms with Crippen LogP contribution in [0.3, 0.4) is 0 Å². The van der Waals surface area contributed by atoms with E-state index in [0.29, 0.717) is 26.2 Å². The van der Waals surface area contributed by atoms with E-state index in [2.05, 4.69) is 6.08 Å². The van der Waals surface area contributed by atoms with Crippen molar-refractivity contribution in [1.29, 1.82) is 0 Å². The zero-order chi connectivity index (χ0) is 17.0. The summed E-state index contributed by atoms with van der Waals surface area (Å²) in [5.74, 6) is 0.845. The quantitative estimate of drug-likeness (QED) is 0.348. The van der Waals surface area contributed by atoms with Gasteiger partial charge in [-0.25, -0.2) is 0 Å². The van der Waals surface area contributed by atoms with Crippen molar-refractivity contribution in [2.45, 2.75) is 51.2 Å². The average molecular weight is 332 g/mol. The number of hydrogen-bond acceptors (Lipinski definition) is 4. The molecule has 0 amide bonds. The summed E-state index contributed by atoms with van der Waals surface area (Å²) in [5, 5.41) is 0. The van der Waals surface area contributed by atoms with E-state index >= 15 is 0 Å². The maximum atomic E-state index is 11.1. The molecule has 0 spiro atoms. The van der Waals surface area contributed by atoms with Crippen molar-refractivity contribution in [2.75, 3.05) is 20.3 Å². The zero-order valence-corrected chi connectivity index (χ0v) is 14.5. The summed E-state index contributed by atoms with van der Waals surface area (Å²) in [4.78, 5) is 11.1. The molecule has 4 heteroatoms. The lowest BCUT2D eigenvalue weighted by atomic mass is 10.0. The van der Waals surface area contributed by atoms with Gasteiger partial charge in [0.25, 0.3) is 0 Å². The normalized spacial score (nSPS) is 15.6. The monoisotopic (exact) mass is 332 g/mol. The molecule has 1 aromatic carbocycles. The molecule has 4 nitrogen and oxygen atoms in total. The lowest BCUT2D eigenvalue weighted by Gasteiger charge is -2.16. The van der Waals surface area contributed by atoms with Crippen LogP contribution in [-0.4, -0.2) is 32.7 Å². The van der Waals surface area contributed by atoms with Gasteiger partial charge in [-0.2, -0.15) is 0 Å². The van der Waals surface area contributed by atoms with Crippen molar-refractivity contribution >= 4 is 6.29 Å². The molecule has 0 N–H and O–H groups in total. The van der Waals surface area contributed by atoms with Crippen molar-refractivity contribution in [3.8, 4) is 5.75 Å². The summed E-state index contributed by atoms with van der Waals surface area (Å²) in [5.41, 5.74) is 2.45. The summed E-state index contributed by atoms with van der Waals surface area (Å²) in [7, 11) is 1.65. The highest BCUT2D eigenvalue weighted by atomic mass is 16.5. The number of allylic oxidation sites excluding steroid dienone is 1. The van der Waals surface area contributed by atoms with Gasteiger partial charge in [0.15, 0.2) is 0 Å². The van der Waals surface area contributed by atoms with Crippen molar-refractivity contribution in [2.24, 2.45) is 0 Å². The summed E-state index contributed by atoms with van der Waals surface area (Å²) < 4.78 is 16.5. The Hall–Kier alpha value is -1.65. The molecule has 1 aliphatic carbocycles. The number of ether oxygens (including phenoxy) is 3. The number of carbonyl (C=O) groups excluding carboxylic acids is 1. The molecule has 1 aromatic rings. The molecule has 0 unspecified atom stereocenters. The van der Waals surface area contributed by atoms with E-state index in [9.17, 15) is 4.79 Å². The van der Waals surface area contributed by atoms with Crippen LogP contribution in [0, 0.1) is 0 Å². The molecule has 1 atom stereocenters. The number of rotatable bonds is 11. The van der Waals surface area contributed by atoms with E-state index in [0.717, 1.165) is 36.9 Å². The largest absolute Gasteiger partial charge is 0.497 e. The molecule has 0 heterocycles. The molecule has 0 aromatic heterocycles. The molecular formula is C20H28O4. The van der Waals surface area contributed by atoms with Gasteiger partial charge in [0.1, 0.15) is 18.1 Å². The van der Waals surface area contributed by atoms with Crippen LogP contribution >= 0.6 is 0 Å². The third kappa shape index (κ3) is 6.85. The molecular weight excluding hydrogens is 304 g/mol. The Morgan fingerprint density at radius 2 is 2.00 bits per heavy atom. The number of aldehydes is 1. The van der Waals surface area contributed by atoms with Gasteiger partial charge in [0.2, 0.25) is 0 Å². The van der Waals surface area contributed by atoms with Gasteiger partial charge in [0.05, 0.1) is 20.3 Å². The van der Waals surface area contributed by atoms with Gasteiger partial charge in [-0.3, -0.25) is 0 Å². The number of carbonyl (C=O) groups is 1. The second kappa shape index (κ2) is 11.0. The van der Waals surface area contributed by atoms with Crippen LogP contribution in [0.15, 0.2) is 35.9 Å². The van der Waals surface area contributed by atoms with Gasteiger partial charge >= 0.3 is 0 Å². The SMILES string of the molecule is COc1ccc(COCCC[C@H](C=O)OCC2=CCCCC2)cc1. The number of methoxy groups -OCH3 is 1. The Morgan fingerprint density at radius 3 is 2.67 bits per heavy atom. The average Bonchev–Trinajstić information content (AvgIpc) is 2.65. The van der Waals surface area contributed by atoms with Crippen LogP contribution in [0.5, 0.6) is 5.75 Å². The zero-order valence-electron chi connectivity index (χ0n) is 14.5. The van der Waals surface area contributed by atoms with Crippen LogP contribution in [0.2, 0.25) is 0 Å². The highest BCUT2D eigenvalue weighted by molar-refractivity contribution is 5.55. The molecule has 0 saturated heterocycles. The highest BCUT2D eigenvalue weighted by Crippen LogP contribution is 2.18. The van der Waals surface area contributed by atoms with Crippen molar-refractivity contribution in [3.05, 3.63) is 41.5 Å². The maximum absolute atomic E-state index is 11.1. The fourth-order valence-electron chi connectivity index (χ4n) is 2.74. The first-order valence-corrected chi connectivity index (χ1v) is 8.77. The van der Waals surface area contributed by atoms with Crippen molar-refractivity contribution in [3.63, 3.8) is 0 Å². The third-order valence-corrected chi connectivity index (χ3v) is 4.22. The minimum atomic E-state index is -0.322. The second-order valence-electron chi connectivity index (χ2n) is 6.14. The lowest BCUT2D eigenvalue weighted by molar-refractivity contribution is -0.118. The molecule has 0 radical (unpaired) electrons. The number of hydrogen-bond donors (Lipinski definition) is 0. The molecule has 24 heavy (non-hydrogen) atoms. The fraction of sp³-hybridized carbons (Fsp3) is 0.550. The van der Waals surface area contributed by atoms with Gasteiger partial charge in [-0.05, 0) is 61.8 Å². The van der Waals surface area contributed by atoms with Crippen molar-refractivity contribution < 1.29 is 19.0 Å². The lowest BCUT2D eigenvalue weighted by Crippen LogP contribution is -2.17. The van der Waals surface area contributed by atoms with Crippen LogP contribution in [0.25, 0.3) is 0 Å². The van der Waals surface area contributed by atoms with E-state index in [-0.39, 0.29) is 6.10 Å². The standard InChI is InChI=1S/C20H28O4/c1-22-19-11-9-18(10-12-19)15-23-13-5-8-20(14-21)24-16-17-6-3-2-4-7-17/h6,9-12,14,20H,2-5,7-8,13,15-16H2,1H3/t20-/m1/s1. The summed E-state index contributed by atoms with van der Waals surface area (Å²) in [6.07, 6.45) is 9.12. The Kier molecular flexibility index (Phi) is 8.56. The van der Waals surface area contributed by atoms with Crippen molar-refractivity contribution in [1.82, 2.24) is 0 Å². The van der Waals surface area contributed by atoms with Crippen LogP contribution in [-0.2, 0) is 20.9 Å².